The van der Waals surface area contributed by atoms with Crippen LogP contribution in [0.15, 0.2) is 72.8 Å². The second-order valence-electron chi connectivity index (χ2n) is 10.0. The van der Waals surface area contributed by atoms with Crippen LogP contribution in [0.5, 0.6) is 11.5 Å². The van der Waals surface area contributed by atoms with E-state index in [9.17, 15) is 10.1 Å². The summed E-state index contributed by atoms with van der Waals surface area (Å²) in [6.07, 6.45) is 3.07. The molecule has 4 aromatic rings. The van der Waals surface area contributed by atoms with E-state index in [2.05, 4.69) is 40.6 Å². The topological polar surface area (TPSA) is 100 Å². The summed E-state index contributed by atoms with van der Waals surface area (Å²) in [5.74, 6) is 1.04. The number of carbonyl (C=O) groups is 1. The number of para-hydroxylation sites is 2. The number of carbonyl (C=O) groups excluding carboxylic acids is 1. The first-order valence-corrected chi connectivity index (χ1v) is 13.3. The number of amides is 1. The third-order valence-corrected chi connectivity index (χ3v) is 7.43. The zero-order valence-corrected chi connectivity index (χ0v) is 21.5. The van der Waals surface area contributed by atoms with Gasteiger partial charge in [-0.2, -0.15) is 5.26 Å². The molecule has 3 heterocycles. The maximum Gasteiger partial charge on any atom is 0.243 e. The number of hydrogen-bond acceptors (Lipinski definition) is 7. The number of hydrogen-bond donors (Lipinski definition) is 1. The molecule has 196 valence electrons. The number of nitrogens with one attached hydrogen (secondary N) is 1. The molecule has 2 aliphatic rings. The highest BCUT2D eigenvalue weighted by Crippen LogP contribution is 2.33. The molecule has 8 heteroatoms. The Balaban J connectivity index is 1.21. The molecule has 0 bridgehead atoms. The van der Waals surface area contributed by atoms with Crippen molar-refractivity contribution in [2.45, 2.75) is 31.7 Å². The number of ether oxygens (including phenoxy) is 2. The molecule has 2 aliphatic heterocycles. The second kappa shape index (κ2) is 11.0. The molecule has 0 unspecified atom stereocenters. The van der Waals surface area contributed by atoms with Gasteiger partial charge in [0.05, 0.1) is 17.1 Å². The zero-order chi connectivity index (χ0) is 26.6. The van der Waals surface area contributed by atoms with Crippen LogP contribution in [-0.4, -0.2) is 35.8 Å². The van der Waals surface area contributed by atoms with Crippen LogP contribution in [0.3, 0.4) is 0 Å². The number of piperidine rings is 1. The van der Waals surface area contributed by atoms with Crippen molar-refractivity contribution in [3.8, 4) is 17.6 Å². The summed E-state index contributed by atoms with van der Waals surface area (Å²) in [6, 6.07) is 25.9. The Labute approximate surface area is 227 Å². The van der Waals surface area contributed by atoms with Gasteiger partial charge in [0, 0.05) is 19.6 Å². The van der Waals surface area contributed by atoms with E-state index in [0.29, 0.717) is 34.4 Å². The largest absolute Gasteiger partial charge is 0.454 e. The molecule has 39 heavy (non-hydrogen) atoms. The molecule has 0 saturated carbocycles. The van der Waals surface area contributed by atoms with Gasteiger partial charge in [0.2, 0.25) is 12.7 Å². The van der Waals surface area contributed by atoms with Crippen LogP contribution in [0.2, 0.25) is 0 Å². The number of aromatic nitrogens is 2. The lowest BCUT2D eigenvalue weighted by atomic mass is 9.90. The predicted molar refractivity (Wildman–Crippen MR) is 147 cm³/mol. The quantitative estimate of drug-likeness (QED) is 0.376. The first-order valence-electron chi connectivity index (χ1n) is 13.3. The number of nitriles is 1. The molecule has 1 saturated heterocycles. The summed E-state index contributed by atoms with van der Waals surface area (Å²) < 4.78 is 10.8. The summed E-state index contributed by atoms with van der Waals surface area (Å²) in [7, 11) is 0. The average molecular weight is 520 g/mol. The third-order valence-electron chi connectivity index (χ3n) is 7.43. The van der Waals surface area contributed by atoms with Crippen LogP contribution in [0.1, 0.15) is 35.6 Å². The van der Waals surface area contributed by atoms with Gasteiger partial charge >= 0.3 is 0 Å². The number of benzene rings is 3. The molecule has 0 aliphatic carbocycles. The standard InChI is InChI=1S/C31H29N5O3/c32-18-24(31(37)33-19-23-10-11-27-28(17-23)39-20-38-27)29-30(35-26-9-5-4-8-25(26)34-29)36-14-12-22(13-15-36)16-21-6-2-1-3-7-21/h1-11,17,22,24H,12-16,19-20H2,(H,33,37)/t24-/m0/s1. The van der Waals surface area contributed by atoms with E-state index in [0.717, 1.165) is 43.4 Å². The molecule has 1 N–H and O–H groups in total. The van der Waals surface area contributed by atoms with Gasteiger partial charge in [0.15, 0.2) is 23.2 Å². The van der Waals surface area contributed by atoms with Crippen molar-refractivity contribution in [3.63, 3.8) is 0 Å². The predicted octanol–water partition coefficient (Wildman–Crippen LogP) is 4.74. The molecule has 0 radical (unpaired) electrons. The molecule has 1 fully saturated rings. The van der Waals surface area contributed by atoms with Crippen LogP contribution in [-0.2, 0) is 17.8 Å². The van der Waals surface area contributed by atoms with E-state index in [-0.39, 0.29) is 13.3 Å². The molecule has 3 aromatic carbocycles. The molecule has 1 atom stereocenters. The van der Waals surface area contributed by atoms with Crippen LogP contribution < -0.4 is 19.7 Å². The minimum Gasteiger partial charge on any atom is -0.454 e. The van der Waals surface area contributed by atoms with Crippen molar-refractivity contribution >= 4 is 22.8 Å². The molecule has 0 spiro atoms. The highest BCUT2D eigenvalue weighted by molar-refractivity contribution is 5.88. The van der Waals surface area contributed by atoms with Gasteiger partial charge < -0.3 is 19.7 Å². The summed E-state index contributed by atoms with van der Waals surface area (Å²) in [5.41, 5.74) is 4.03. The van der Waals surface area contributed by atoms with E-state index in [4.69, 9.17) is 19.4 Å². The van der Waals surface area contributed by atoms with Crippen molar-refractivity contribution < 1.29 is 14.3 Å². The van der Waals surface area contributed by atoms with Crippen LogP contribution in [0.25, 0.3) is 11.0 Å². The highest BCUT2D eigenvalue weighted by atomic mass is 16.7. The van der Waals surface area contributed by atoms with Gasteiger partial charge in [-0.25, -0.2) is 9.97 Å². The Bertz CT molecular complexity index is 1530. The number of rotatable bonds is 7. The van der Waals surface area contributed by atoms with Crippen LogP contribution in [0, 0.1) is 17.2 Å². The van der Waals surface area contributed by atoms with Crippen molar-refractivity contribution in [2.75, 3.05) is 24.8 Å². The second-order valence-corrected chi connectivity index (χ2v) is 10.0. The number of fused-ring (bicyclic) bond motifs is 2. The lowest BCUT2D eigenvalue weighted by molar-refractivity contribution is -0.121. The fourth-order valence-corrected chi connectivity index (χ4v) is 5.31. The Hall–Kier alpha value is -4.64. The maximum absolute atomic E-state index is 13.3. The highest BCUT2D eigenvalue weighted by Gasteiger charge is 2.30. The van der Waals surface area contributed by atoms with Crippen molar-refractivity contribution in [1.82, 2.24) is 15.3 Å². The molecule has 1 aromatic heterocycles. The van der Waals surface area contributed by atoms with Gasteiger partial charge in [-0.15, -0.1) is 0 Å². The lowest BCUT2D eigenvalue weighted by Gasteiger charge is -2.34. The normalized spacial score (nSPS) is 15.6. The van der Waals surface area contributed by atoms with Crippen LogP contribution in [0.4, 0.5) is 5.82 Å². The monoisotopic (exact) mass is 519 g/mol. The fourth-order valence-electron chi connectivity index (χ4n) is 5.31. The van der Waals surface area contributed by atoms with E-state index < -0.39 is 11.8 Å². The minimum absolute atomic E-state index is 0.189. The van der Waals surface area contributed by atoms with Crippen molar-refractivity contribution in [1.29, 1.82) is 5.26 Å². The van der Waals surface area contributed by atoms with Crippen molar-refractivity contribution in [3.05, 3.63) is 89.6 Å². The Morgan fingerprint density at radius 2 is 1.67 bits per heavy atom. The fraction of sp³-hybridized carbons (Fsp3) is 0.290. The number of anilines is 1. The summed E-state index contributed by atoms with van der Waals surface area (Å²) in [6.45, 7) is 2.05. The van der Waals surface area contributed by atoms with E-state index in [1.807, 2.05) is 48.5 Å². The van der Waals surface area contributed by atoms with E-state index >= 15 is 0 Å². The average Bonchev–Trinajstić information content (AvgIpc) is 3.45. The molecular formula is C31H29N5O3. The summed E-state index contributed by atoms with van der Waals surface area (Å²) in [4.78, 5) is 25.2. The lowest BCUT2D eigenvalue weighted by Crippen LogP contribution is -2.37. The van der Waals surface area contributed by atoms with Gasteiger partial charge in [0.25, 0.3) is 0 Å². The molecule has 1 amide bonds. The number of nitrogens with zero attached hydrogens (tertiary/aromatic N) is 4. The molecular weight excluding hydrogens is 490 g/mol. The maximum atomic E-state index is 13.3. The summed E-state index contributed by atoms with van der Waals surface area (Å²) >= 11 is 0. The first-order chi connectivity index (χ1) is 19.2. The Morgan fingerprint density at radius 1 is 0.949 bits per heavy atom. The van der Waals surface area contributed by atoms with Gasteiger partial charge in [-0.3, -0.25) is 4.79 Å². The minimum atomic E-state index is -1.09. The third kappa shape index (κ3) is 5.34. The van der Waals surface area contributed by atoms with E-state index in [1.165, 1.54) is 5.56 Å². The molecule has 6 rings (SSSR count). The zero-order valence-electron chi connectivity index (χ0n) is 21.5. The molecule has 8 nitrogen and oxygen atoms in total. The first kappa shape index (κ1) is 24.7. The summed E-state index contributed by atoms with van der Waals surface area (Å²) in [5, 5.41) is 13.0. The smallest absolute Gasteiger partial charge is 0.243 e. The van der Waals surface area contributed by atoms with Crippen LogP contribution >= 0.6 is 0 Å². The van der Waals surface area contributed by atoms with Gasteiger partial charge in [-0.1, -0.05) is 48.5 Å². The van der Waals surface area contributed by atoms with E-state index in [1.54, 1.807) is 0 Å². The van der Waals surface area contributed by atoms with Gasteiger partial charge in [-0.05, 0) is 60.6 Å². The Kier molecular flexibility index (Phi) is 6.96. The van der Waals surface area contributed by atoms with Gasteiger partial charge in [0.1, 0.15) is 5.69 Å². The SMILES string of the molecule is N#C[C@H](C(=O)NCc1ccc2c(c1)OCO2)c1nc2ccccc2nc1N1CCC(Cc2ccccc2)CC1. The van der Waals surface area contributed by atoms with Crippen molar-refractivity contribution in [2.24, 2.45) is 5.92 Å². The Morgan fingerprint density at radius 3 is 2.44 bits per heavy atom.